The van der Waals surface area contributed by atoms with Crippen molar-refractivity contribution in [3.63, 3.8) is 0 Å². The molecule has 0 spiro atoms. The Morgan fingerprint density at radius 2 is 2.12 bits per heavy atom. The molecule has 8 heavy (non-hydrogen) atoms. The van der Waals surface area contributed by atoms with E-state index in [-0.39, 0.29) is 6.54 Å². The molecule has 0 aliphatic rings. The van der Waals surface area contributed by atoms with Crippen LogP contribution < -0.4 is 5.73 Å². The molecule has 0 aliphatic heterocycles. The predicted octanol–water partition coefficient (Wildman–Crippen LogP) is -1.36. The predicted molar refractivity (Wildman–Crippen MR) is 27.1 cm³/mol. The molecule has 0 aromatic rings. The SMILES string of the molecule is NC[C@@](O)(CO)CF. The van der Waals surface area contributed by atoms with E-state index in [1.165, 1.54) is 0 Å². The van der Waals surface area contributed by atoms with E-state index in [1.807, 2.05) is 0 Å². The van der Waals surface area contributed by atoms with Gasteiger partial charge in [-0.2, -0.15) is 0 Å². The van der Waals surface area contributed by atoms with Crippen LogP contribution >= 0.6 is 0 Å². The summed E-state index contributed by atoms with van der Waals surface area (Å²) >= 11 is 0. The smallest absolute Gasteiger partial charge is 0.128 e. The topological polar surface area (TPSA) is 66.5 Å². The Balaban J connectivity index is 3.58. The highest BCUT2D eigenvalue weighted by Gasteiger charge is 2.23. The summed E-state index contributed by atoms with van der Waals surface area (Å²) in [5, 5.41) is 16.9. The lowest BCUT2D eigenvalue weighted by atomic mass is 10.1. The summed E-state index contributed by atoms with van der Waals surface area (Å²) in [5.41, 5.74) is 3.17. The summed E-state index contributed by atoms with van der Waals surface area (Å²) in [5.74, 6) is 0. The van der Waals surface area contributed by atoms with Gasteiger partial charge in [-0.05, 0) is 0 Å². The van der Waals surface area contributed by atoms with Crippen LogP contribution in [0.1, 0.15) is 0 Å². The van der Waals surface area contributed by atoms with E-state index in [4.69, 9.17) is 15.9 Å². The van der Waals surface area contributed by atoms with Crippen LogP contribution in [0.2, 0.25) is 0 Å². The molecule has 0 aromatic heterocycles. The molecular weight excluding hydrogens is 113 g/mol. The maximum absolute atomic E-state index is 11.6. The van der Waals surface area contributed by atoms with Crippen molar-refractivity contribution in [3.05, 3.63) is 0 Å². The number of hydrogen-bond donors (Lipinski definition) is 3. The van der Waals surface area contributed by atoms with Crippen molar-refractivity contribution < 1.29 is 14.6 Å². The Kier molecular flexibility index (Phi) is 2.89. The van der Waals surface area contributed by atoms with Gasteiger partial charge in [-0.25, -0.2) is 4.39 Å². The molecule has 4 heteroatoms. The van der Waals surface area contributed by atoms with Crippen molar-refractivity contribution in [3.8, 4) is 0 Å². The highest BCUT2D eigenvalue weighted by Crippen LogP contribution is 1.99. The summed E-state index contributed by atoms with van der Waals surface area (Å²) in [6.45, 7) is -1.88. The van der Waals surface area contributed by atoms with Gasteiger partial charge in [0, 0.05) is 6.54 Å². The van der Waals surface area contributed by atoms with Gasteiger partial charge >= 0.3 is 0 Å². The first-order valence-corrected chi connectivity index (χ1v) is 2.28. The average molecular weight is 123 g/mol. The van der Waals surface area contributed by atoms with Crippen molar-refractivity contribution in [1.29, 1.82) is 0 Å². The first-order valence-electron chi connectivity index (χ1n) is 2.28. The third-order valence-corrected chi connectivity index (χ3v) is 0.923. The van der Waals surface area contributed by atoms with Crippen molar-refractivity contribution in [2.45, 2.75) is 5.60 Å². The van der Waals surface area contributed by atoms with Crippen LogP contribution in [0.3, 0.4) is 0 Å². The van der Waals surface area contributed by atoms with Gasteiger partial charge in [0.25, 0.3) is 0 Å². The van der Waals surface area contributed by atoms with Crippen LogP contribution in [0, 0.1) is 0 Å². The first kappa shape index (κ1) is 7.81. The molecule has 4 N–H and O–H groups in total. The molecule has 0 aliphatic carbocycles. The van der Waals surface area contributed by atoms with Crippen LogP contribution in [-0.2, 0) is 0 Å². The van der Waals surface area contributed by atoms with Gasteiger partial charge in [0.2, 0.25) is 0 Å². The van der Waals surface area contributed by atoms with Gasteiger partial charge in [-0.15, -0.1) is 0 Å². The Labute approximate surface area is 46.9 Å². The Morgan fingerprint density at radius 1 is 1.62 bits per heavy atom. The highest BCUT2D eigenvalue weighted by molar-refractivity contribution is 4.76. The molecule has 0 fully saturated rings. The van der Waals surface area contributed by atoms with Gasteiger partial charge in [-0.1, -0.05) is 0 Å². The van der Waals surface area contributed by atoms with Crippen LogP contribution in [0.15, 0.2) is 0 Å². The number of alkyl halides is 1. The largest absolute Gasteiger partial charge is 0.393 e. The summed E-state index contributed by atoms with van der Waals surface area (Å²) in [7, 11) is 0. The normalized spacial score (nSPS) is 18.0. The zero-order chi connectivity index (χ0) is 6.62. The minimum Gasteiger partial charge on any atom is -0.393 e. The molecule has 3 nitrogen and oxygen atoms in total. The minimum absolute atomic E-state index is 0.250. The van der Waals surface area contributed by atoms with Gasteiger partial charge < -0.3 is 15.9 Å². The van der Waals surface area contributed by atoms with Gasteiger partial charge in [0.05, 0.1) is 6.61 Å². The Hall–Kier alpha value is -0.190. The number of halogens is 1. The lowest BCUT2D eigenvalue weighted by molar-refractivity contribution is -0.0247. The molecule has 1 atom stereocenters. The molecule has 0 saturated carbocycles. The number of hydrogen-bond acceptors (Lipinski definition) is 3. The van der Waals surface area contributed by atoms with Crippen LogP contribution in [0.5, 0.6) is 0 Å². The second-order valence-corrected chi connectivity index (χ2v) is 1.72. The lowest BCUT2D eigenvalue weighted by Gasteiger charge is -2.18. The fraction of sp³-hybridized carbons (Fsp3) is 1.00. The van der Waals surface area contributed by atoms with Crippen LogP contribution in [-0.4, -0.2) is 35.6 Å². The maximum atomic E-state index is 11.6. The highest BCUT2D eigenvalue weighted by atomic mass is 19.1. The van der Waals surface area contributed by atoms with Crippen molar-refractivity contribution in [2.24, 2.45) is 5.73 Å². The van der Waals surface area contributed by atoms with E-state index in [0.29, 0.717) is 0 Å². The monoisotopic (exact) mass is 123 g/mol. The zero-order valence-corrected chi connectivity index (χ0v) is 4.47. The van der Waals surface area contributed by atoms with Crippen LogP contribution in [0.4, 0.5) is 4.39 Å². The molecule has 0 rings (SSSR count). The summed E-state index contributed by atoms with van der Waals surface area (Å²) in [6, 6.07) is 0. The van der Waals surface area contributed by atoms with Crippen LogP contribution in [0.25, 0.3) is 0 Å². The third-order valence-electron chi connectivity index (χ3n) is 0.923. The molecule has 0 amide bonds. The fourth-order valence-corrected chi connectivity index (χ4v) is 0.161. The lowest BCUT2D eigenvalue weighted by Crippen LogP contribution is -2.43. The standard InChI is InChI=1S/C4H10FNO2/c5-1-4(8,2-6)3-7/h7-8H,1-3,6H2/t4-/m1/s1. The summed E-state index contributed by atoms with van der Waals surface area (Å²) < 4.78 is 11.6. The second kappa shape index (κ2) is 2.96. The number of aliphatic hydroxyl groups excluding tert-OH is 1. The molecule has 0 unspecified atom stereocenters. The average Bonchev–Trinajstić information content (AvgIpc) is 1.87. The second-order valence-electron chi connectivity index (χ2n) is 1.72. The van der Waals surface area contributed by atoms with Gasteiger partial charge in [0.1, 0.15) is 12.3 Å². The van der Waals surface area contributed by atoms with E-state index in [2.05, 4.69) is 0 Å². The number of rotatable bonds is 3. The Bertz CT molecular complexity index is 56.8. The fourth-order valence-electron chi connectivity index (χ4n) is 0.161. The van der Waals surface area contributed by atoms with E-state index in [9.17, 15) is 4.39 Å². The van der Waals surface area contributed by atoms with Crippen molar-refractivity contribution in [2.75, 3.05) is 19.8 Å². The van der Waals surface area contributed by atoms with E-state index < -0.39 is 18.9 Å². The molecular formula is C4H10FNO2. The van der Waals surface area contributed by atoms with Crippen molar-refractivity contribution in [1.82, 2.24) is 0 Å². The number of nitrogens with two attached hydrogens (primary N) is 1. The molecule has 50 valence electrons. The number of aliphatic hydroxyl groups is 2. The molecule has 0 heterocycles. The van der Waals surface area contributed by atoms with Gasteiger partial charge in [0.15, 0.2) is 0 Å². The molecule has 0 aromatic carbocycles. The van der Waals surface area contributed by atoms with Crippen molar-refractivity contribution >= 4 is 0 Å². The Morgan fingerprint density at radius 3 is 2.12 bits per heavy atom. The summed E-state index contributed by atoms with van der Waals surface area (Å²) in [6.07, 6.45) is 0. The molecule has 0 radical (unpaired) electrons. The van der Waals surface area contributed by atoms with Gasteiger partial charge in [-0.3, -0.25) is 0 Å². The molecule has 0 bridgehead atoms. The third kappa shape index (κ3) is 1.73. The summed E-state index contributed by atoms with van der Waals surface area (Å²) in [4.78, 5) is 0. The van der Waals surface area contributed by atoms with E-state index >= 15 is 0 Å². The van der Waals surface area contributed by atoms with E-state index in [1.54, 1.807) is 0 Å². The van der Waals surface area contributed by atoms with E-state index in [0.717, 1.165) is 0 Å². The quantitative estimate of drug-likeness (QED) is 0.434. The molecule has 0 saturated heterocycles. The maximum Gasteiger partial charge on any atom is 0.128 e. The zero-order valence-electron chi connectivity index (χ0n) is 4.47. The minimum atomic E-state index is -1.71. The first-order chi connectivity index (χ1) is 3.68.